The van der Waals surface area contributed by atoms with Gasteiger partial charge in [0.25, 0.3) is 5.91 Å². The number of rotatable bonds is 3. The Balaban J connectivity index is 1.69. The number of ether oxygens (including phenoxy) is 1. The molecular weight excluding hydrogens is 421 g/mol. The lowest BCUT2D eigenvalue weighted by Crippen LogP contribution is -2.37. The Kier molecular flexibility index (Phi) is 5.07. The molecule has 1 amide bonds. The van der Waals surface area contributed by atoms with Gasteiger partial charge in [0, 0.05) is 19.7 Å². The predicted octanol–water partition coefficient (Wildman–Crippen LogP) is 2.32. The minimum atomic E-state index is -0.278. The van der Waals surface area contributed by atoms with E-state index in [4.69, 9.17) is 38.1 Å². The molecule has 2 aromatic heterocycles. The molecule has 1 aliphatic rings. The van der Waals surface area contributed by atoms with Crippen LogP contribution >= 0.6 is 23.2 Å². The second-order valence-electron chi connectivity index (χ2n) is 6.52. The summed E-state index contributed by atoms with van der Waals surface area (Å²) in [4.78, 5) is 20.3. The van der Waals surface area contributed by atoms with Crippen LogP contribution < -0.4 is 10.6 Å². The van der Waals surface area contributed by atoms with Gasteiger partial charge in [0.15, 0.2) is 11.5 Å². The Bertz CT molecular complexity index is 1080. The predicted molar refractivity (Wildman–Crippen MR) is 107 cm³/mol. The Morgan fingerprint density at radius 2 is 1.90 bits per heavy atom. The first-order valence-electron chi connectivity index (χ1n) is 8.53. The molecule has 0 fully saturated rings. The van der Waals surface area contributed by atoms with Crippen LogP contribution in [0.15, 0.2) is 22.6 Å². The van der Waals surface area contributed by atoms with Crippen molar-refractivity contribution in [2.45, 2.75) is 6.54 Å². The summed E-state index contributed by atoms with van der Waals surface area (Å²) < 4.78 is 12.7. The number of hydrogen-bond donors (Lipinski definition) is 1. The first-order chi connectivity index (χ1) is 13.8. The van der Waals surface area contributed by atoms with E-state index in [-0.39, 0.29) is 43.6 Å². The Labute approximate surface area is 175 Å². The molecule has 3 aromatic rings. The van der Waals surface area contributed by atoms with Crippen molar-refractivity contribution in [1.29, 1.82) is 0 Å². The van der Waals surface area contributed by atoms with Crippen LogP contribution in [0.5, 0.6) is 0 Å². The number of nitrogen functional groups attached to an aromatic ring is 1. The molecule has 0 radical (unpaired) electrons. The number of hydrogen-bond acceptors (Lipinski definition) is 8. The van der Waals surface area contributed by atoms with Crippen molar-refractivity contribution in [3.63, 3.8) is 0 Å². The van der Waals surface area contributed by atoms with Gasteiger partial charge in [-0.3, -0.25) is 9.36 Å². The van der Waals surface area contributed by atoms with Gasteiger partial charge in [-0.1, -0.05) is 23.2 Å². The number of benzene rings is 1. The van der Waals surface area contributed by atoms with Crippen LogP contribution in [-0.2, 0) is 11.3 Å². The lowest BCUT2D eigenvalue weighted by Gasteiger charge is -2.26. The van der Waals surface area contributed by atoms with Crippen molar-refractivity contribution in [2.24, 2.45) is 0 Å². The summed E-state index contributed by atoms with van der Waals surface area (Å²) in [5.41, 5.74) is 7.04. The normalized spacial score (nSPS) is 14.7. The highest BCUT2D eigenvalue weighted by atomic mass is 35.5. The van der Waals surface area contributed by atoms with E-state index in [0.29, 0.717) is 27.1 Å². The van der Waals surface area contributed by atoms with Gasteiger partial charge in [-0.05, 0) is 18.2 Å². The van der Waals surface area contributed by atoms with Crippen molar-refractivity contribution in [2.75, 3.05) is 38.2 Å². The molecular formula is C17H17Cl2N7O3. The molecule has 29 heavy (non-hydrogen) atoms. The van der Waals surface area contributed by atoms with E-state index >= 15 is 0 Å². The van der Waals surface area contributed by atoms with Crippen LogP contribution in [0.25, 0.3) is 11.5 Å². The van der Waals surface area contributed by atoms with Crippen molar-refractivity contribution < 1.29 is 13.9 Å². The highest BCUT2D eigenvalue weighted by molar-refractivity contribution is 6.42. The molecule has 0 atom stereocenters. The number of nitrogens with zero attached hydrogens (tertiary/aromatic N) is 6. The lowest BCUT2D eigenvalue weighted by atomic mass is 10.2. The number of fused-ring (bicyclic) bond motifs is 1. The van der Waals surface area contributed by atoms with Crippen LogP contribution in [-0.4, -0.2) is 58.1 Å². The summed E-state index contributed by atoms with van der Waals surface area (Å²) in [7, 11) is 3.41. The summed E-state index contributed by atoms with van der Waals surface area (Å²) >= 11 is 12.0. The number of anilines is 2. The summed E-state index contributed by atoms with van der Waals surface area (Å²) in [6, 6.07) is 5.00. The zero-order chi connectivity index (χ0) is 20.7. The van der Waals surface area contributed by atoms with E-state index in [0.717, 1.165) is 0 Å². The minimum Gasteiger partial charge on any atom is -0.419 e. The quantitative estimate of drug-likeness (QED) is 0.663. The summed E-state index contributed by atoms with van der Waals surface area (Å²) in [5.74, 6) is 0.825. The third-order valence-electron chi connectivity index (χ3n) is 4.39. The van der Waals surface area contributed by atoms with Crippen molar-refractivity contribution >= 4 is 40.9 Å². The molecule has 1 aliphatic heterocycles. The third kappa shape index (κ3) is 3.61. The average molecular weight is 438 g/mol. The second-order valence-corrected chi connectivity index (χ2v) is 7.34. The average Bonchev–Trinajstić information content (AvgIpc) is 3.28. The SMILES string of the molecule is CN1COCN(C)c2nc(N)n(Cc3nnc(-c4ccc(Cl)c(Cl)c4)o3)c2C1=O. The summed E-state index contributed by atoms with van der Waals surface area (Å²) in [6.45, 7) is 0.496. The number of aromatic nitrogens is 4. The molecule has 10 nitrogen and oxygen atoms in total. The standard InChI is InChI=1S/C17H17Cl2N7O3/c1-24-7-28-8-25(2)16(27)13-14(24)21-17(20)26(13)6-12-22-23-15(29-12)9-3-4-10(18)11(19)5-9/h3-5H,6-8H2,1-2H3,(H2,20,21). The smallest absolute Gasteiger partial charge is 0.276 e. The molecule has 1 aromatic carbocycles. The highest BCUT2D eigenvalue weighted by Gasteiger charge is 2.29. The minimum absolute atomic E-state index is 0.0801. The molecule has 0 saturated heterocycles. The molecule has 2 N–H and O–H groups in total. The van der Waals surface area contributed by atoms with Gasteiger partial charge in [0.05, 0.1) is 10.0 Å². The molecule has 4 rings (SSSR count). The highest BCUT2D eigenvalue weighted by Crippen LogP contribution is 2.29. The van der Waals surface area contributed by atoms with E-state index in [2.05, 4.69) is 15.2 Å². The van der Waals surface area contributed by atoms with Crippen LogP contribution in [0.3, 0.4) is 0 Å². The topological polar surface area (TPSA) is 116 Å². The van der Waals surface area contributed by atoms with E-state index in [1.54, 1.807) is 41.8 Å². The zero-order valence-electron chi connectivity index (χ0n) is 15.6. The van der Waals surface area contributed by atoms with Crippen LogP contribution in [0, 0.1) is 0 Å². The number of halogens is 2. The van der Waals surface area contributed by atoms with Crippen LogP contribution in [0.4, 0.5) is 11.8 Å². The monoisotopic (exact) mass is 437 g/mol. The Hall–Kier alpha value is -2.82. The first kappa shape index (κ1) is 19.5. The maximum absolute atomic E-state index is 12.9. The van der Waals surface area contributed by atoms with Gasteiger partial charge >= 0.3 is 0 Å². The number of amides is 1. The Morgan fingerprint density at radius 3 is 2.66 bits per heavy atom. The molecule has 12 heteroatoms. The molecule has 0 saturated carbocycles. The first-order valence-corrected chi connectivity index (χ1v) is 9.29. The summed E-state index contributed by atoms with van der Waals surface area (Å²) in [5, 5.41) is 8.90. The maximum Gasteiger partial charge on any atom is 0.276 e. The van der Waals surface area contributed by atoms with Gasteiger partial charge in [0.1, 0.15) is 20.0 Å². The van der Waals surface area contributed by atoms with Crippen LogP contribution in [0.1, 0.15) is 16.4 Å². The fourth-order valence-electron chi connectivity index (χ4n) is 2.91. The number of imidazole rings is 1. The third-order valence-corrected chi connectivity index (χ3v) is 5.13. The van der Waals surface area contributed by atoms with Gasteiger partial charge < -0.3 is 24.7 Å². The van der Waals surface area contributed by atoms with Crippen molar-refractivity contribution in [3.05, 3.63) is 39.8 Å². The van der Waals surface area contributed by atoms with E-state index < -0.39 is 0 Å². The fourth-order valence-corrected chi connectivity index (χ4v) is 3.21. The van der Waals surface area contributed by atoms with Gasteiger partial charge in [-0.2, -0.15) is 4.98 Å². The number of carbonyl (C=O) groups excluding carboxylic acids is 1. The van der Waals surface area contributed by atoms with E-state index in [1.165, 1.54) is 4.90 Å². The number of carbonyl (C=O) groups is 1. The fraction of sp³-hybridized carbons (Fsp3) is 0.294. The molecule has 0 spiro atoms. The van der Waals surface area contributed by atoms with E-state index in [9.17, 15) is 4.79 Å². The largest absolute Gasteiger partial charge is 0.419 e. The van der Waals surface area contributed by atoms with Gasteiger partial charge in [-0.25, -0.2) is 0 Å². The van der Waals surface area contributed by atoms with E-state index in [1.807, 2.05) is 0 Å². The second kappa shape index (κ2) is 7.54. The van der Waals surface area contributed by atoms with Gasteiger partial charge in [-0.15, -0.1) is 10.2 Å². The van der Waals surface area contributed by atoms with Crippen molar-refractivity contribution in [3.8, 4) is 11.5 Å². The van der Waals surface area contributed by atoms with Crippen molar-refractivity contribution in [1.82, 2.24) is 24.6 Å². The lowest BCUT2D eigenvalue weighted by molar-refractivity contribution is 0.0312. The molecule has 0 unspecified atom stereocenters. The molecule has 0 aliphatic carbocycles. The Morgan fingerprint density at radius 1 is 1.14 bits per heavy atom. The zero-order valence-corrected chi connectivity index (χ0v) is 17.1. The number of nitrogens with two attached hydrogens (primary N) is 1. The molecule has 0 bridgehead atoms. The van der Waals surface area contributed by atoms with Gasteiger partial charge in [0.2, 0.25) is 17.7 Å². The molecule has 152 valence electrons. The summed E-state index contributed by atoms with van der Waals surface area (Å²) in [6.07, 6.45) is 0. The maximum atomic E-state index is 12.9. The van der Waals surface area contributed by atoms with Crippen LogP contribution in [0.2, 0.25) is 10.0 Å². The molecule has 3 heterocycles.